The Kier molecular flexibility index (Phi) is 5.49. The van der Waals surface area contributed by atoms with Crippen molar-refractivity contribution in [3.05, 3.63) is 46.7 Å². The lowest BCUT2D eigenvalue weighted by Gasteiger charge is -2.18. The normalized spacial score (nSPS) is 13.5. The van der Waals surface area contributed by atoms with Crippen LogP contribution in [0.4, 0.5) is 0 Å². The van der Waals surface area contributed by atoms with Gasteiger partial charge in [-0.2, -0.15) is 5.10 Å². The van der Waals surface area contributed by atoms with Gasteiger partial charge in [0.1, 0.15) is 0 Å². The largest absolute Gasteiger partial charge is 0.479 e. The third kappa shape index (κ3) is 4.18. The molecule has 0 spiro atoms. The molecule has 0 aliphatic rings. The summed E-state index contributed by atoms with van der Waals surface area (Å²) in [6.45, 7) is 4.56. The lowest BCUT2D eigenvalue weighted by atomic mass is 10.0. The zero-order chi connectivity index (χ0) is 18.8. The van der Waals surface area contributed by atoms with Gasteiger partial charge in [0.15, 0.2) is 5.60 Å². The number of hydrogen-bond acceptors (Lipinski definition) is 4. The molecule has 3 N–H and O–H groups in total. The Bertz CT molecular complexity index is 782. The number of aliphatic hydroxyl groups is 1. The molecule has 1 aromatic carbocycles. The summed E-state index contributed by atoms with van der Waals surface area (Å²) >= 11 is 5.90. The first kappa shape index (κ1) is 19.0. The van der Waals surface area contributed by atoms with Crippen LogP contribution in [0.2, 0.25) is 5.02 Å². The van der Waals surface area contributed by atoms with Gasteiger partial charge in [-0.3, -0.25) is 4.79 Å². The smallest absolute Gasteiger partial charge is 0.337 e. The fourth-order valence-electron chi connectivity index (χ4n) is 2.30. The van der Waals surface area contributed by atoms with Crippen LogP contribution in [0.3, 0.4) is 0 Å². The number of carbonyl (C=O) groups excluding carboxylic acids is 1. The Morgan fingerprint density at radius 1 is 1.32 bits per heavy atom. The average molecular weight is 366 g/mol. The number of aromatic nitrogens is 2. The predicted molar refractivity (Wildman–Crippen MR) is 93.3 cm³/mol. The van der Waals surface area contributed by atoms with Crippen LogP contribution in [-0.2, 0) is 4.79 Å². The van der Waals surface area contributed by atoms with Crippen LogP contribution in [0.25, 0.3) is 5.69 Å². The number of nitrogens with one attached hydrogen (secondary N) is 1. The van der Waals surface area contributed by atoms with Gasteiger partial charge in [0.25, 0.3) is 5.91 Å². The first-order valence-electron chi connectivity index (χ1n) is 7.71. The lowest BCUT2D eigenvalue weighted by Crippen LogP contribution is -2.46. The van der Waals surface area contributed by atoms with Crippen LogP contribution in [0.5, 0.6) is 0 Å². The Morgan fingerprint density at radius 2 is 1.92 bits per heavy atom. The molecule has 1 heterocycles. The van der Waals surface area contributed by atoms with E-state index in [1.54, 1.807) is 28.9 Å². The van der Waals surface area contributed by atoms with E-state index in [1.165, 1.54) is 6.20 Å². The van der Waals surface area contributed by atoms with Crippen molar-refractivity contribution in [2.45, 2.75) is 32.3 Å². The van der Waals surface area contributed by atoms with E-state index in [1.807, 2.05) is 13.8 Å². The molecule has 0 saturated carbocycles. The Morgan fingerprint density at radius 3 is 2.44 bits per heavy atom. The summed E-state index contributed by atoms with van der Waals surface area (Å²) in [4.78, 5) is 23.4. The van der Waals surface area contributed by atoms with Crippen molar-refractivity contribution >= 4 is 23.5 Å². The second kappa shape index (κ2) is 7.25. The van der Waals surface area contributed by atoms with E-state index in [0.717, 1.165) is 12.6 Å². The highest BCUT2D eigenvalue weighted by molar-refractivity contribution is 6.30. The molecular weight excluding hydrogens is 346 g/mol. The fourth-order valence-corrected chi connectivity index (χ4v) is 2.43. The highest BCUT2D eigenvalue weighted by atomic mass is 35.5. The van der Waals surface area contributed by atoms with Crippen molar-refractivity contribution in [2.75, 3.05) is 6.54 Å². The van der Waals surface area contributed by atoms with Crippen molar-refractivity contribution < 1.29 is 19.8 Å². The number of rotatable bonds is 6. The number of carbonyl (C=O) groups is 2. The number of halogens is 1. The molecule has 1 amide bonds. The first-order chi connectivity index (χ1) is 11.6. The van der Waals surface area contributed by atoms with E-state index in [0.29, 0.717) is 16.3 Å². The van der Waals surface area contributed by atoms with E-state index in [4.69, 9.17) is 16.7 Å². The van der Waals surface area contributed by atoms with Crippen LogP contribution in [0.15, 0.2) is 30.5 Å². The van der Waals surface area contributed by atoms with E-state index < -0.39 is 24.0 Å². The summed E-state index contributed by atoms with van der Waals surface area (Å²) in [6.07, 6.45) is 1.43. The molecule has 25 heavy (non-hydrogen) atoms. The summed E-state index contributed by atoms with van der Waals surface area (Å²) in [6, 6.07) is 7.04. The second-order valence-electron chi connectivity index (χ2n) is 6.25. The van der Waals surface area contributed by atoms with Gasteiger partial charge in [-0.25, -0.2) is 9.48 Å². The van der Waals surface area contributed by atoms with Gasteiger partial charge < -0.3 is 15.5 Å². The molecule has 0 fully saturated rings. The van der Waals surface area contributed by atoms with E-state index >= 15 is 0 Å². The Hall–Kier alpha value is -2.38. The number of carboxylic acids is 1. The van der Waals surface area contributed by atoms with Crippen molar-refractivity contribution in [2.24, 2.45) is 0 Å². The predicted octanol–water partition coefficient (Wildman–Crippen LogP) is 2.21. The third-order valence-corrected chi connectivity index (χ3v) is 3.98. The minimum atomic E-state index is -2.04. The van der Waals surface area contributed by atoms with Gasteiger partial charge in [0, 0.05) is 5.02 Å². The van der Waals surface area contributed by atoms with Gasteiger partial charge in [0.2, 0.25) is 0 Å². The molecule has 134 valence electrons. The highest BCUT2D eigenvalue weighted by Crippen LogP contribution is 2.24. The van der Waals surface area contributed by atoms with Crippen molar-refractivity contribution in [3.8, 4) is 5.69 Å². The van der Waals surface area contributed by atoms with Crippen molar-refractivity contribution in [1.29, 1.82) is 0 Å². The molecule has 0 aliphatic carbocycles. The summed E-state index contributed by atoms with van der Waals surface area (Å²) in [5, 5.41) is 26.0. The van der Waals surface area contributed by atoms with Gasteiger partial charge >= 0.3 is 5.97 Å². The lowest BCUT2D eigenvalue weighted by molar-refractivity contribution is -0.155. The minimum Gasteiger partial charge on any atom is -0.479 e. The molecule has 0 aliphatic heterocycles. The molecule has 1 atom stereocenters. The quantitative estimate of drug-likeness (QED) is 0.728. The summed E-state index contributed by atoms with van der Waals surface area (Å²) in [5.41, 5.74) is -0.287. The van der Waals surface area contributed by atoms with E-state index in [9.17, 15) is 14.7 Å². The molecule has 0 saturated heterocycles. The average Bonchev–Trinajstić information content (AvgIpc) is 2.98. The Balaban J connectivity index is 2.31. The zero-order valence-corrected chi connectivity index (χ0v) is 14.9. The fraction of sp³-hybridized carbons (Fsp3) is 0.353. The molecular formula is C17H20ClN3O4. The molecule has 1 aromatic heterocycles. The number of carboxylic acid groups (broad SMARTS) is 1. The first-order valence-corrected chi connectivity index (χ1v) is 8.09. The molecule has 7 nitrogen and oxygen atoms in total. The minimum absolute atomic E-state index is 0.0149. The SMILES string of the molecule is CC(C)c1c(C(=O)NCC(C)(O)C(=O)O)cnn1-c1ccc(Cl)cc1. The summed E-state index contributed by atoms with van der Waals surface area (Å²) in [5.74, 6) is -1.92. The molecule has 2 aromatic rings. The third-order valence-electron chi connectivity index (χ3n) is 3.72. The van der Waals surface area contributed by atoms with Crippen LogP contribution in [-0.4, -0.2) is 44.0 Å². The monoisotopic (exact) mass is 365 g/mol. The maximum absolute atomic E-state index is 12.4. The van der Waals surface area contributed by atoms with Crippen molar-refractivity contribution in [3.63, 3.8) is 0 Å². The maximum atomic E-state index is 12.4. The zero-order valence-electron chi connectivity index (χ0n) is 14.2. The van der Waals surface area contributed by atoms with Gasteiger partial charge in [0.05, 0.1) is 29.7 Å². The molecule has 0 radical (unpaired) electrons. The van der Waals surface area contributed by atoms with E-state index in [2.05, 4.69) is 10.4 Å². The molecule has 2 rings (SSSR count). The summed E-state index contributed by atoms with van der Waals surface area (Å²) < 4.78 is 1.64. The number of aliphatic carboxylic acids is 1. The molecule has 0 bridgehead atoms. The molecule has 8 heteroatoms. The van der Waals surface area contributed by atoms with Crippen LogP contribution in [0, 0.1) is 0 Å². The maximum Gasteiger partial charge on any atom is 0.337 e. The Labute approximate surface area is 150 Å². The topological polar surface area (TPSA) is 104 Å². The standard InChI is InChI=1S/C17H20ClN3O4/c1-10(2)14-13(15(22)19-9-17(3,25)16(23)24)8-20-21(14)12-6-4-11(18)5-7-12/h4-8,10,25H,9H2,1-3H3,(H,19,22)(H,23,24). The number of hydrogen-bond donors (Lipinski definition) is 3. The van der Waals surface area contributed by atoms with Crippen molar-refractivity contribution in [1.82, 2.24) is 15.1 Å². The van der Waals surface area contributed by atoms with Crippen LogP contribution >= 0.6 is 11.6 Å². The number of nitrogens with zero attached hydrogens (tertiary/aromatic N) is 2. The van der Waals surface area contributed by atoms with Crippen LogP contribution in [0.1, 0.15) is 42.7 Å². The van der Waals surface area contributed by atoms with Crippen LogP contribution < -0.4 is 5.32 Å². The highest BCUT2D eigenvalue weighted by Gasteiger charge is 2.31. The summed E-state index contributed by atoms with van der Waals surface area (Å²) in [7, 11) is 0. The second-order valence-corrected chi connectivity index (χ2v) is 6.68. The number of amides is 1. The van der Waals surface area contributed by atoms with Gasteiger partial charge in [-0.1, -0.05) is 25.4 Å². The van der Waals surface area contributed by atoms with Gasteiger partial charge in [-0.05, 0) is 37.1 Å². The number of benzene rings is 1. The molecule has 1 unspecified atom stereocenters. The van der Waals surface area contributed by atoms with Gasteiger partial charge in [-0.15, -0.1) is 0 Å². The van der Waals surface area contributed by atoms with E-state index in [-0.39, 0.29) is 5.92 Å².